The summed E-state index contributed by atoms with van der Waals surface area (Å²) in [4.78, 5) is 0. The Morgan fingerprint density at radius 3 is 2.84 bits per heavy atom. The van der Waals surface area contributed by atoms with Crippen molar-refractivity contribution in [2.45, 2.75) is 58.4 Å². The molecule has 0 aromatic carbocycles. The molecule has 0 bridgehead atoms. The lowest BCUT2D eigenvalue weighted by molar-refractivity contribution is 0.280. The third kappa shape index (κ3) is 3.40. The number of aromatic nitrogens is 2. The summed E-state index contributed by atoms with van der Waals surface area (Å²) in [5.41, 5.74) is 1.41. The minimum atomic E-state index is 0.433. The van der Waals surface area contributed by atoms with Crippen molar-refractivity contribution in [3.63, 3.8) is 0 Å². The van der Waals surface area contributed by atoms with Crippen molar-refractivity contribution in [1.82, 2.24) is 15.1 Å². The van der Waals surface area contributed by atoms with Crippen LogP contribution in [0.15, 0.2) is 10.7 Å². The third-order valence-electron chi connectivity index (χ3n) is 4.19. The molecule has 19 heavy (non-hydrogen) atoms. The Morgan fingerprint density at radius 1 is 1.42 bits per heavy atom. The van der Waals surface area contributed by atoms with E-state index in [9.17, 15) is 0 Å². The first-order valence-electron chi connectivity index (χ1n) is 7.58. The first kappa shape index (κ1) is 15.0. The van der Waals surface area contributed by atoms with Crippen molar-refractivity contribution < 1.29 is 0 Å². The number of rotatable bonds is 5. The van der Waals surface area contributed by atoms with Crippen LogP contribution in [0.1, 0.15) is 64.1 Å². The molecule has 2 rings (SSSR count). The summed E-state index contributed by atoms with van der Waals surface area (Å²) in [5, 5.41) is 8.09. The van der Waals surface area contributed by atoms with Crippen LogP contribution < -0.4 is 5.32 Å². The summed E-state index contributed by atoms with van der Waals surface area (Å²) in [5.74, 6) is 1.39. The topological polar surface area (TPSA) is 29.9 Å². The molecule has 0 radical (unpaired) electrons. The van der Waals surface area contributed by atoms with E-state index in [0.717, 1.165) is 19.0 Å². The van der Waals surface area contributed by atoms with Crippen molar-refractivity contribution in [2.24, 2.45) is 5.92 Å². The molecule has 2 unspecified atom stereocenters. The van der Waals surface area contributed by atoms with Gasteiger partial charge < -0.3 is 5.32 Å². The lowest BCUT2D eigenvalue weighted by Gasteiger charge is -2.33. The maximum atomic E-state index is 4.55. The van der Waals surface area contributed by atoms with E-state index in [0.29, 0.717) is 12.0 Å². The van der Waals surface area contributed by atoms with Gasteiger partial charge >= 0.3 is 0 Å². The summed E-state index contributed by atoms with van der Waals surface area (Å²) in [7, 11) is 0. The lowest BCUT2D eigenvalue weighted by Crippen LogP contribution is -2.31. The highest BCUT2D eigenvalue weighted by Gasteiger charge is 2.30. The Hall–Kier alpha value is -0.350. The predicted molar refractivity (Wildman–Crippen MR) is 83.6 cm³/mol. The second-order valence-corrected chi connectivity index (χ2v) is 6.73. The van der Waals surface area contributed by atoms with Gasteiger partial charge in [0.05, 0.1) is 16.4 Å². The molecule has 1 heterocycles. The zero-order valence-electron chi connectivity index (χ0n) is 12.3. The van der Waals surface area contributed by atoms with Gasteiger partial charge in [-0.25, -0.2) is 0 Å². The van der Waals surface area contributed by atoms with E-state index < -0.39 is 0 Å². The number of nitrogens with zero attached hydrogens (tertiary/aromatic N) is 2. The standard InChI is InChI=1S/C15H26BrN3/c1-4-17-9-12-7-5-6-8-13(12)15-14(16)10-18-19(15)11(2)3/h10-13,17H,4-9H2,1-3H3. The third-order valence-corrected chi connectivity index (χ3v) is 4.80. The second kappa shape index (κ2) is 6.89. The van der Waals surface area contributed by atoms with Crippen LogP contribution in [0.25, 0.3) is 0 Å². The van der Waals surface area contributed by atoms with Crippen LogP contribution in [-0.4, -0.2) is 22.9 Å². The first-order valence-corrected chi connectivity index (χ1v) is 8.38. The number of nitrogens with one attached hydrogen (secondary N) is 1. The molecule has 1 aliphatic carbocycles. The average Bonchev–Trinajstić information content (AvgIpc) is 2.78. The van der Waals surface area contributed by atoms with Crippen molar-refractivity contribution in [3.8, 4) is 0 Å². The Bertz CT molecular complexity index is 400. The van der Waals surface area contributed by atoms with Gasteiger partial charge in [0.15, 0.2) is 0 Å². The number of hydrogen-bond acceptors (Lipinski definition) is 2. The highest BCUT2D eigenvalue weighted by molar-refractivity contribution is 9.10. The van der Waals surface area contributed by atoms with Crippen LogP contribution in [-0.2, 0) is 0 Å². The van der Waals surface area contributed by atoms with Gasteiger partial charge in [-0.15, -0.1) is 0 Å². The molecule has 108 valence electrons. The summed E-state index contributed by atoms with van der Waals surface area (Å²) < 4.78 is 3.40. The SMILES string of the molecule is CCNCC1CCCCC1c1c(Br)cnn1C(C)C. The normalized spacial score (nSPS) is 24.1. The van der Waals surface area contributed by atoms with E-state index in [2.05, 4.69) is 51.8 Å². The fourth-order valence-electron chi connectivity index (χ4n) is 3.25. The molecule has 1 aromatic heterocycles. The van der Waals surface area contributed by atoms with Gasteiger partial charge in [-0.05, 0) is 61.6 Å². The Labute approximate surface area is 125 Å². The van der Waals surface area contributed by atoms with E-state index in [1.54, 1.807) is 0 Å². The molecule has 0 spiro atoms. The zero-order valence-corrected chi connectivity index (χ0v) is 13.9. The average molecular weight is 328 g/mol. The zero-order chi connectivity index (χ0) is 13.8. The van der Waals surface area contributed by atoms with Crippen LogP contribution in [0.4, 0.5) is 0 Å². The van der Waals surface area contributed by atoms with Crippen LogP contribution in [0.3, 0.4) is 0 Å². The maximum Gasteiger partial charge on any atom is 0.0635 e. The van der Waals surface area contributed by atoms with Crippen LogP contribution in [0.5, 0.6) is 0 Å². The molecule has 4 heteroatoms. The molecule has 1 aromatic rings. The van der Waals surface area contributed by atoms with Gasteiger partial charge in [0, 0.05) is 12.0 Å². The fourth-order valence-corrected chi connectivity index (χ4v) is 3.82. The summed E-state index contributed by atoms with van der Waals surface area (Å²) in [6, 6.07) is 0.433. The van der Waals surface area contributed by atoms with Gasteiger partial charge in [0.1, 0.15) is 0 Å². The van der Waals surface area contributed by atoms with E-state index in [4.69, 9.17) is 0 Å². The molecule has 0 aliphatic heterocycles. The van der Waals surface area contributed by atoms with Crippen molar-refractivity contribution in [1.29, 1.82) is 0 Å². The van der Waals surface area contributed by atoms with Gasteiger partial charge in [-0.3, -0.25) is 4.68 Å². The predicted octanol–water partition coefficient (Wildman–Crippen LogP) is 4.11. The van der Waals surface area contributed by atoms with Gasteiger partial charge in [0.25, 0.3) is 0 Å². The van der Waals surface area contributed by atoms with Crippen molar-refractivity contribution in [2.75, 3.05) is 13.1 Å². The van der Waals surface area contributed by atoms with Crippen LogP contribution in [0, 0.1) is 5.92 Å². The quantitative estimate of drug-likeness (QED) is 0.881. The second-order valence-electron chi connectivity index (χ2n) is 5.87. The summed E-state index contributed by atoms with van der Waals surface area (Å²) >= 11 is 3.71. The summed E-state index contributed by atoms with van der Waals surface area (Å²) in [6.45, 7) is 8.81. The van der Waals surface area contributed by atoms with Crippen molar-refractivity contribution >= 4 is 15.9 Å². The molecule has 1 fully saturated rings. The van der Waals surface area contributed by atoms with E-state index >= 15 is 0 Å². The van der Waals surface area contributed by atoms with Gasteiger partial charge in [0.2, 0.25) is 0 Å². The van der Waals surface area contributed by atoms with Crippen molar-refractivity contribution in [3.05, 3.63) is 16.4 Å². The molecule has 0 saturated heterocycles. The molecule has 2 atom stereocenters. The van der Waals surface area contributed by atoms with Gasteiger partial charge in [-0.2, -0.15) is 5.10 Å². The summed E-state index contributed by atoms with van der Waals surface area (Å²) in [6.07, 6.45) is 7.33. The van der Waals surface area contributed by atoms with Crippen LogP contribution >= 0.6 is 15.9 Å². The molecule has 1 saturated carbocycles. The highest BCUT2D eigenvalue weighted by Crippen LogP contribution is 2.41. The number of halogens is 1. The van der Waals surface area contributed by atoms with E-state index in [-0.39, 0.29) is 0 Å². The molecule has 1 aliphatic rings. The fraction of sp³-hybridized carbons (Fsp3) is 0.800. The Balaban J connectivity index is 2.24. The largest absolute Gasteiger partial charge is 0.317 e. The Kier molecular flexibility index (Phi) is 5.46. The minimum absolute atomic E-state index is 0.433. The monoisotopic (exact) mass is 327 g/mol. The van der Waals surface area contributed by atoms with E-state index in [1.807, 2.05) is 6.20 Å². The number of hydrogen-bond donors (Lipinski definition) is 1. The molecular weight excluding hydrogens is 302 g/mol. The van der Waals surface area contributed by atoms with E-state index in [1.165, 1.54) is 35.8 Å². The molecule has 1 N–H and O–H groups in total. The lowest BCUT2D eigenvalue weighted by atomic mass is 9.77. The first-order chi connectivity index (χ1) is 9.15. The minimum Gasteiger partial charge on any atom is -0.317 e. The molecule has 0 amide bonds. The van der Waals surface area contributed by atoms with Crippen LogP contribution in [0.2, 0.25) is 0 Å². The maximum absolute atomic E-state index is 4.55. The molecule has 3 nitrogen and oxygen atoms in total. The highest BCUT2D eigenvalue weighted by atomic mass is 79.9. The molecular formula is C15H26BrN3. The smallest absolute Gasteiger partial charge is 0.0635 e. The Morgan fingerprint density at radius 2 is 2.16 bits per heavy atom. The van der Waals surface area contributed by atoms with Gasteiger partial charge in [-0.1, -0.05) is 19.8 Å².